The predicted molar refractivity (Wildman–Crippen MR) is 91.3 cm³/mol. The van der Waals surface area contributed by atoms with Crippen LogP contribution < -0.4 is 4.80 Å². The number of hydrogen-bond acceptors (Lipinski definition) is 5. The number of aryl methyl sites for hydroxylation is 1. The summed E-state index contributed by atoms with van der Waals surface area (Å²) in [6, 6.07) is 14.4. The quantitative estimate of drug-likeness (QED) is 0.441. The lowest BCUT2D eigenvalue weighted by atomic mass is 10.2. The molecule has 116 valence electrons. The minimum atomic E-state index is -0.180. The van der Waals surface area contributed by atoms with Gasteiger partial charge in [-0.3, -0.25) is 4.57 Å². The molecule has 2 N–H and O–H groups in total. The highest BCUT2D eigenvalue weighted by Gasteiger charge is 2.03. The molecule has 0 saturated carbocycles. The van der Waals surface area contributed by atoms with Crippen LogP contribution in [0.2, 0.25) is 0 Å². The van der Waals surface area contributed by atoms with Crippen molar-refractivity contribution in [1.29, 1.82) is 0 Å². The van der Waals surface area contributed by atoms with Gasteiger partial charge >= 0.3 is 0 Å². The van der Waals surface area contributed by atoms with Gasteiger partial charge in [0.15, 0.2) is 11.5 Å². The van der Waals surface area contributed by atoms with Crippen LogP contribution in [-0.2, 0) is 0 Å². The summed E-state index contributed by atoms with van der Waals surface area (Å²) in [5.74, 6) is -0.338. The van der Waals surface area contributed by atoms with Crippen LogP contribution in [0, 0.1) is 6.92 Å². The number of rotatable bonds is 3. The largest absolute Gasteiger partial charge is 0.504 e. The molecule has 3 aromatic rings. The van der Waals surface area contributed by atoms with Gasteiger partial charge in [-0.1, -0.05) is 18.2 Å². The van der Waals surface area contributed by atoms with Crippen LogP contribution in [-0.4, -0.2) is 21.0 Å². The van der Waals surface area contributed by atoms with E-state index in [0.29, 0.717) is 5.56 Å². The lowest BCUT2D eigenvalue weighted by molar-refractivity contribution is 0.403. The maximum atomic E-state index is 9.47. The average molecular weight is 325 g/mol. The summed E-state index contributed by atoms with van der Waals surface area (Å²) in [4.78, 5) is 0.757. The van der Waals surface area contributed by atoms with E-state index in [4.69, 9.17) is 0 Å². The number of para-hydroxylation sites is 1. The number of aromatic nitrogens is 1. The van der Waals surface area contributed by atoms with Gasteiger partial charge in [-0.25, -0.2) is 0 Å². The van der Waals surface area contributed by atoms with Gasteiger partial charge in [0.25, 0.3) is 0 Å². The number of benzene rings is 2. The topological polar surface area (TPSA) is 70.1 Å². The smallest absolute Gasteiger partial charge is 0.215 e. The van der Waals surface area contributed by atoms with Crippen molar-refractivity contribution in [2.24, 2.45) is 10.2 Å². The molecular weight excluding hydrogens is 310 g/mol. The highest BCUT2D eigenvalue weighted by Crippen LogP contribution is 2.24. The number of phenols is 2. The van der Waals surface area contributed by atoms with E-state index >= 15 is 0 Å². The summed E-state index contributed by atoms with van der Waals surface area (Å²) >= 11 is 1.50. The van der Waals surface area contributed by atoms with E-state index in [9.17, 15) is 10.2 Å². The van der Waals surface area contributed by atoms with E-state index in [1.165, 1.54) is 29.7 Å². The summed E-state index contributed by atoms with van der Waals surface area (Å²) in [6.07, 6.45) is 1.53. The van der Waals surface area contributed by atoms with Gasteiger partial charge in [0.05, 0.1) is 6.21 Å². The van der Waals surface area contributed by atoms with Crippen LogP contribution in [0.4, 0.5) is 0 Å². The molecule has 0 spiro atoms. The summed E-state index contributed by atoms with van der Waals surface area (Å²) in [6.45, 7) is 2.02. The van der Waals surface area contributed by atoms with Crippen LogP contribution in [0.5, 0.6) is 11.5 Å². The zero-order valence-corrected chi connectivity index (χ0v) is 13.2. The molecule has 0 fully saturated rings. The monoisotopic (exact) mass is 325 g/mol. The van der Waals surface area contributed by atoms with E-state index in [1.807, 2.05) is 47.2 Å². The molecule has 0 radical (unpaired) electrons. The van der Waals surface area contributed by atoms with Crippen molar-refractivity contribution in [3.05, 3.63) is 70.0 Å². The van der Waals surface area contributed by atoms with Gasteiger partial charge in [-0.15, -0.1) is 16.4 Å². The normalized spacial score (nSPS) is 12.1. The van der Waals surface area contributed by atoms with Crippen molar-refractivity contribution in [1.82, 2.24) is 4.57 Å². The van der Waals surface area contributed by atoms with E-state index in [1.54, 1.807) is 6.07 Å². The molecule has 23 heavy (non-hydrogen) atoms. The van der Waals surface area contributed by atoms with Crippen molar-refractivity contribution >= 4 is 17.6 Å². The van der Waals surface area contributed by atoms with Crippen LogP contribution >= 0.6 is 11.3 Å². The molecule has 1 aromatic heterocycles. The van der Waals surface area contributed by atoms with E-state index < -0.39 is 0 Å². The van der Waals surface area contributed by atoms with E-state index in [0.717, 1.165) is 16.2 Å². The third kappa shape index (κ3) is 3.32. The van der Waals surface area contributed by atoms with E-state index in [-0.39, 0.29) is 11.5 Å². The standard InChI is InChI=1S/C17H15N3O2S/c1-12-11-23-17(20(12)14-5-3-2-4-6-14)19-18-10-13-7-8-15(21)16(22)9-13/h2-11,21-22H,1H3/b18-10+,19-17+. The molecule has 0 aliphatic carbocycles. The Bertz CT molecular complexity index is 911. The summed E-state index contributed by atoms with van der Waals surface area (Å²) in [5, 5.41) is 29.1. The molecule has 2 aromatic carbocycles. The number of aromatic hydroxyl groups is 2. The first kappa shape index (κ1) is 15.1. The highest BCUT2D eigenvalue weighted by molar-refractivity contribution is 7.07. The number of thiazole rings is 1. The molecule has 0 aliphatic rings. The van der Waals surface area contributed by atoms with Gasteiger partial charge in [-0.05, 0) is 42.8 Å². The molecule has 0 amide bonds. The first-order valence-corrected chi connectivity index (χ1v) is 7.85. The number of hydrogen-bond donors (Lipinski definition) is 2. The molecule has 5 nitrogen and oxygen atoms in total. The van der Waals surface area contributed by atoms with Crippen molar-refractivity contribution < 1.29 is 10.2 Å². The second kappa shape index (κ2) is 6.50. The van der Waals surface area contributed by atoms with Gasteiger partial charge in [0.1, 0.15) is 0 Å². The van der Waals surface area contributed by atoms with Crippen molar-refractivity contribution in [3.63, 3.8) is 0 Å². The summed E-state index contributed by atoms with van der Waals surface area (Å²) < 4.78 is 2.02. The fraction of sp³-hybridized carbons (Fsp3) is 0.0588. The lowest BCUT2D eigenvalue weighted by Crippen LogP contribution is -2.13. The zero-order chi connectivity index (χ0) is 16.2. The number of phenolic OH excluding ortho intramolecular Hbond substituents is 2. The Hall–Kier alpha value is -2.86. The maximum Gasteiger partial charge on any atom is 0.215 e. The second-order valence-electron chi connectivity index (χ2n) is 4.92. The predicted octanol–water partition coefficient (Wildman–Crippen LogP) is 3.19. The summed E-state index contributed by atoms with van der Waals surface area (Å²) in [7, 11) is 0. The average Bonchev–Trinajstić information content (AvgIpc) is 2.92. The Morgan fingerprint density at radius 3 is 2.57 bits per heavy atom. The first-order chi connectivity index (χ1) is 11.1. The minimum Gasteiger partial charge on any atom is -0.504 e. The van der Waals surface area contributed by atoms with Crippen molar-refractivity contribution in [2.45, 2.75) is 6.92 Å². The van der Waals surface area contributed by atoms with Gasteiger partial charge in [0, 0.05) is 16.8 Å². The van der Waals surface area contributed by atoms with Crippen molar-refractivity contribution in [2.75, 3.05) is 0 Å². The highest BCUT2D eigenvalue weighted by atomic mass is 32.1. The van der Waals surface area contributed by atoms with Crippen LogP contribution in [0.3, 0.4) is 0 Å². The van der Waals surface area contributed by atoms with Gasteiger partial charge in [-0.2, -0.15) is 5.10 Å². The molecule has 6 heteroatoms. The maximum absolute atomic E-state index is 9.47. The zero-order valence-electron chi connectivity index (χ0n) is 12.4. The Morgan fingerprint density at radius 2 is 1.83 bits per heavy atom. The molecule has 0 unspecified atom stereocenters. The molecule has 3 rings (SSSR count). The first-order valence-electron chi connectivity index (χ1n) is 6.97. The SMILES string of the molecule is Cc1cs/c(=N/N=C/c2ccc(O)c(O)c2)n1-c1ccccc1. The Balaban J connectivity index is 1.95. The molecular formula is C17H15N3O2S. The van der Waals surface area contributed by atoms with Gasteiger partial charge < -0.3 is 10.2 Å². The lowest BCUT2D eigenvalue weighted by Gasteiger charge is -2.04. The minimum absolute atomic E-state index is 0.158. The van der Waals surface area contributed by atoms with E-state index in [2.05, 4.69) is 10.2 Å². The second-order valence-corrected chi connectivity index (χ2v) is 5.76. The summed E-state index contributed by atoms with van der Waals surface area (Å²) in [5.41, 5.74) is 2.77. The third-order valence-electron chi connectivity index (χ3n) is 3.24. The molecule has 0 atom stereocenters. The fourth-order valence-corrected chi connectivity index (χ4v) is 2.95. The van der Waals surface area contributed by atoms with Gasteiger partial charge in [0.2, 0.25) is 4.80 Å². The van der Waals surface area contributed by atoms with Crippen molar-refractivity contribution in [3.8, 4) is 17.2 Å². The van der Waals surface area contributed by atoms with Crippen LogP contribution in [0.25, 0.3) is 5.69 Å². The molecule has 1 heterocycles. The molecule has 0 aliphatic heterocycles. The Labute approximate surface area is 137 Å². The van der Waals surface area contributed by atoms with Crippen LogP contribution in [0.1, 0.15) is 11.3 Å². The fourth-order valence-electron chi connectivity index (χ4n) is 2.12. The Kier molecular flexibility index (Phi) is 4.25. The van der Waals surface area contributed by atoms with Crippen LogP contribution in [0.15, 0.2) is 64.1 Å². The molecule has 0 saturated heterocycles. The number of nitrogens with zero attached hydrogens (tertiary/aromatic N) is 3. The Morgan fingerprint density at radius 1 is 1.04 bits per heavy atom. The molecule has 0 bridgehead atoms. The third-order valence-corrected chi connectivity index (χ3v) is 4.18.